The zero-order valence-electron chi connectivity index (χ0n) is 16.6. The Kier molecular flexibility index (Phi) is 8.04. The van der Waals surface area contributed by atoms with E-state index < -0.39 is 0 Å². The Morgan fingerprint density at radius 2 is 2.00 bits per heavy atom. The van der Waals surface area contributed by atoms with E-state index in [0.717, 1.165) is 49.3 Å². The number of rotatable bonds is 10. The van der Waals surface area contributed by atoms with Gasteiger partial charge in [0.15, 0.2) is 17.5 Å². The van der Waals surface area contributed by atoms with Crippen LogP contribution in [0.1, 0.15) is 39.5 Å². The zero-order chi connectivity index (χ0) is 18.8. The van der Waals surface area contributed by atoms with E-state index in [-0.39, 0.29) is 0 Å². The molecule has 1 saturated carbocycles. The second kappa shape index (κ2) is 10.3. The maximum atomic E-state index is 5.66. The number of nitrogens with zero attached hydrogens (tertiary/aromatic N) is 1. The Morgan fingerprint density at radius 1 is 1.19 bits per heavy atom. The summed E-state index contributed by atoms with van der Waals surface area (Å²) in [6, 6.07) is 5.82. The summed E-state index contributed by atoms with van der Waals surface area (Å²) < 4.78 is 16.3. The van der Waals surface area contributed by atoms with Gasteiger partial charge in [0.05, 0.1) is 13.7 Å². The first-order valence-corrected chi connectivity index (χ1v) is 9.51. The van der Waals surface area contributed by atoms with Gasteiger partial charge < -0.3 is 24.8 Å². The summed E-state index contributed by atoms with van der Waals surface area (Å²) in [7, 11) is 3.41. The fourth-order valence-electron chi connectivity index (χ4n) is 3.20. The van der Waals surface area contributed by atoms with Gasteiger partial charge in [0.2, 0.25) is 0 Å². The highest BCUT2D eigenvalue weighted by atomic mass is 16.5. The molecular formula is C20H33N3O3. The number of aliphatic imine (C=N–C) groups is 1. The van der Waals surface area contributed by atoms with Gasteiger partial charge in [0, 0.05) is 38.6 Å². The third-order valence-electron chi connectivity index (χ3n) is 4.89. The molecule has 6 heteroatoms. The van der Waals surface area contributed by atoms with Crippen molar-refractivity contribution in [1.82, 2.24) is 5.32 Å². The summed E-state index contributed by atoms with van der Waals surface area (Å²) in [6.45, 7) is 7.06. The van der Waals surface area contributed by atoms with Crippen molar-refractivity contribution in [2.24, 2.45) is 10.4 Å². The molecule has 146 valence electrons. The van der Waals surface area contributed by atoms with Crippen LogP contribution in [0.4, 0.5) is 5.69 Å². The lowest BCUT2D eigenvalue weighted by Gasteiger charge is -2.40. The average Bonchev–Trinajstić information content (AvgIpc) is 2.61. The Hall–Kier alpha value is -1.95. The van der Waals surface area contributed by atoms with Crippen LogP contribution in [0.25, 0.3) is 0 Å². The Bertz CT molecular complexity index is 586. The number of ether oxygens (including phenoxy) is 3. The summed E-state index contributed by atoms with van der Waals surface area (Å²) >= 11 is 0. The van der Waals surface area contributed by atoms with Gasteiger partial charge in [0.1, 0.15) is 0 Å². The van der Waals surface area contributed by atoms with Gasteiger partial charge in [-0.1, -0.05) is 6.42 Å². The van der Waals surface area contributed by atoms with Crippen molar-refractivity contribution in [3.63, 3.8) is 0 Å². The van der Waals surface area contributed by atoms with Crippen LogP contribution in [-0.4, -0.2) is 46.5 Å². The Morgan fingerprint density at radius 3 is 2.58 bits per heavy atom. The Balaban J connectivity index is 2.08. The van der Waals surface area contributed by atoms with Crippen LogP contribution in [0.3, 0.4) is 0 Å². The molecule has 0 saturated heterocycles. The van der Waals surface area contributed by atoms with Gasteiger partial charge in [-0.25, -0.2) is 0 Å². The molecule has 2 rings (SSSR count). The van der Waals surface area contributed by atoms with Crippen LogP contribution in [-0.2, 0) is 4.74 Å². The maximum absolute atomic E-state index is 5.66. The van der Waals surface area contributed by atoms with Gasteiger partial charge in [0.25, 0.3) is 0 Å². The molecule has 6 nitrogen and oxygen atoms in total. The molecule has 0 bridgehead atoms. The molecule has 0 aromatic heterocycles. The molecule has 0 heterocycles. The van der Waals surface area contributed by atoms with Gasteiger partial charge in [-0.05, 0) is 50.7 Å². The van der Waals surface area contributed by atoms with Crippen molar-refractivity contribution in [3.05, 3.63) is 18.2 Å². The van der Waals surface area contributed by atoms with Crippen LogP contribution in [0, 0.1) is 5.41 Å². The Labute approximate surface area is 157 Å². The standard InChI is InChI=1S/C20H33N3O3/c1-5-21-19(22-15-20(10-7-11-20)12-13-24-3)23-16-8-9-17(25-4)18(14-16)26-6-2/h8-9,14H,5-7,10-13,15H2,1-4H3,(H2,21,22,23). The van der Waals surface area contributed by atoms with Gasteiger partial charge in [-0.2, -0.15) is 0 Å². The maximum Gasteiger partial charge on any atom is 0.195 e. The molecule has 26 heavy (non-hydrogen) atoms. The second-order valence-corrected chi connectivity index (χ2v) is 6.72. The van der Waals surface area contributed by atoms with E-state index in [1.54, 1.807) is 14.2 Å². The molecular weight excluding hydrogens is 330 g/mol. The quantitative estimate of drug-likeness (QED) is 0.490. The monoisotopic (exact) mass is 363 g/mol. The third kappa shape index (κ3) is 5.53. The summed E-state index contributed by atoms with van der Waals surface area (Å²) in [5.74, 6) is 2.25. The molecule has 0 radical (unpaired) electrons. The number of guanidine groups is 1. The van der Waals surface area contributed by atoms with E-state index in [1.165, 1.54) is 19.3 Å². The topological polar surface area (TPSA) is 64.1 Å². The van der Waals surface area contributed by atoms with Crippen LogP contribution in [0.15, 0.2) is 23.2 Å². The number of hydrogen-bond acceptors (Lipinski definition) is 4. The molecule has 0 amide bonds. The summed E-state index contributed by atoms with van der Waals surface area (Å²) in [5.41, 5.74) is 1.22. The van der Waals surface area contributed by atoms with Crippen molar-refractivity contribution in [1.29, 1.82) is 0 Å². The largest absolute Gasteiger partial charge is 0.493 e. The van der Waals surface area contributed by atoms with Crippen LogP contribution >= 0.6 is 0 Å². The molecule has 0 spiro atoms. The van der Waals surface area contributed by atoms with E-state index in [4.69, 9.17) is 19.2 Å². The lowest BCUT2D eigenvalue weighted by Crippen LogP contribution is -2.37. The first-order valence-electron chi connectivity index (χ1n) is 9.51. The van der Waals surface area contributed by atoms with Crippen molar-refractivity contribution >= 4 is 11.6 Å². The molecule has 1 aliphatic rings. The highest BCUT2D eigenvalue weighted by Crippen LogP contribution is 2.44. The number of benzene rings is 1. The lowest BCUT2D eigenvalue weighted by molar-refractivity contribution is 0.0779. The molecule has 1 aromatic rings. The minimum absolute atomic E-state index is 0.300. The normalized spacial score (nSPS) is 15.9. The molecule has 0 atom stereocenters. The first kappa shape index (κ1) is 20.4. The van der Waals surface area contributed by atoms with Crippen molar-refractivity contribution in [2.45, 2.75) is 39.5 Å². The van der Waals surface area contributed by atoms with Crippen LogP contribution in [0.2, 0.25) is 0 Å². The van der Waals surface area contributed by atoms with Gasteiger partial charge >= 0.3 is 0 Å². The average molecular weight is 364 g/mol. The lowest BCUT2D eigenvalue weighted by atomic mass is 9.67. The fourth-order valence-corrected chi connectivity index (χ4v) is 3.20. The second-order valence-electron chi connectivity index (χ2n) is 6.72. The highest BCUT2D eigenvalue weighted by molar-refractivity contribution is 5.93. The smallest absolute Gasteiger partial charge is 0.195 e. The summed E-state index contributed by atoms with van der Waals surface area (Å²) in [4.78, 5) is 4.84. The number of anilines is 1. The zero-order valence-corrected chi connectivity index (χ0v) is 16.6. The minimum atomic E-state index is 0.300. The SMILES string of the molecule is CCNC(=NCC1(CCOC)CCC1)Nc1ccc(OC)c(OCC)c1. The van der Waals surface area contributed by atoms with Crippen LogP contribution < -0.4 is 20.1 Å². The van der Waals surface area contributed by atoms with E-state index in [1.807, 2.05) is 25.1 Å². The number of methoxy groups -OCH3 is 2. The van der Waals surface area contributed by atoms with Crippen LogP contribution in [0.5, 0.6) is 11.5 Å². The molecule has 1 fully saturated rings. The molecule has 0 aliphatic heterocycles. The molecule has 1 aliphatic carbocycles. The molecule has 2 N–H and O–H groups in total. The van der Waals surface area contributed by atoms with E-state index in [0.29, 0.717) is 12.0 Å². The molecule has 1 aromatic carbocycles. The predicted octanol–water partition coefficient (Wildman–Crippen LogP) is 3.68. The fraction of sp³-hybridized carbons (Fsp3) is 0.650. The number of nitrogens with one attached hydrogen (secondary N) is 2. The predicted molar refractivity (Wildman–Crippen MR) is 107 cm³/mol. The minimum Gasteiger partial charge on any atom is -0.493 e. The molecule has 0 unspecified atom stereocenters. The first-order chi connectivity index (χ1) is 12.7. The van der Waals surface area contributed by atoms with E-state index in [9.17, 15) is 0 Å². The third-order valence-corrected chi connectivity index (χ3v) is 4.89. The van der Waals surface area contributed by atoms with Crippen molar-refractivity contribution < 1.29 is 14.2 Å². The van der Waals surface area contributed by atoms with Gasteiger partial charge in [-0.15, -0.1) is 0 Å². The van der Waals surface area contributed by atoms with Gasteiger partial charge in [-0.3, -0.25) is 4.99 Å². The van der Waals surface area contributed by atoms with E-state index in [2.05, 4.69) is 17.6 Å². The summed E-state index contributed by atoms with van der Waals surface area (Å²) in [6.07, 6.45) is 4.83. The summed E-state index contributed by atoms with van der Waals surface area (Å²) in [5, 5.41) is 6.70. The van der Waals surface area contributed by atoms with E-state index >= 15 is 0 Å². The highest BCUT2D eigenvalue weighted by Gasteiger charge is 2.36. The van der Waals surface area contributed by atoms with Crippen molar-refractivity contribution in [3.8, 4) is 11.5 Å². The van der Waals surface area contributed by atoms with Crippen molar-refractivity contribution in [2.75, 3.05) is 45.8 Å². The number of hydrogen-bond donors (Lipinski definition) is 2.